The van der Waals surface area contributed by atoms with Gasteiger partial charge in [0.05, 0.1) is 22.1 Å². The van der Waals surface area contributed by atoms with Gasteiger partial charge in [-0.25, -0.2) is 4.39 Å². The van der Waals surface area contributed by atoms with Crippen LogP contribution in [0.4, 0.5) is 15.8 Å². The lowest BCUT2D eigenvalue weighted by Gasteiger charge is -2.36. The van der Waals surface area contributed by atoms with E-state index in [-0.39, 0.29) is 5.69 Å². The van der Waals surface area contributed by atoms with Crippen LogP contribution < -0.4 is 11.1 Å². The molecule has 7 heteroatoms. The molecule has 1 aromatic carbocycles. The first-order valence-electron chi connectivity index (χ1n) is 6.00. The maximum absolute atomic E-state index is 13.3. The van der Waals surface area contributed by atoms with E-state index < -0.39 is 33.3 Å². The van der Waals surface area contributed by atoms with Gasteiger partial charge in [0.2, 0.25) is 5.91 Å². The Morgan fingerprint density at radius 2 is 1.85 bits per heavy atom. The van der Waals surface area contributed by atoms with Crippen molar-refractivity contribution >= 4 is 17.3 Å². The zero-order valence-electron chi connectivity index (χ0n) is 11.9. The van der Waals surface area contributed by atoms with Crippen molar-refractivity contribution in [3.05, 3.63) is 34.1 Å². The number of amides is 1. The summed E-state index contributed by atoms with van der Waals surface area (Å²) in [5.41, 5.74) is 3.79. The first kappa shape index (κ1) is 16.0. The van der Waals surface area contributed by atoms with Crippen molar-refractivity contribution in [3.8, 4) is 0 Å². The fourth-order valence-electron chi connectivity index (χ4n) is 1.33. The monoisotopic (exact) mass is 283 g/mol. The number of halogens is 1. The second-order valence-corrected chi connectivity index (χ2v) is 5.76. The summed E-state index contributed by atoms with van der Waals surface area (Å²) in [6.07, 6.45) is 0. The molecular weight excluding hydrogens is 265 g/mol. The van der Waals surface area contributed by atoms with Crippen LogP contribution in [-0.4, -0.2) is 16.4 Å². The van der Waals surface area contributed by atoms with Crippen LogP contribution in [0.25, 0.3) is 0 Å². The molecule has 0 bridgehead atoms. The summed E-state index contributed by atoms with van der Waals surface area (Å²) in [7, 11) is 0. The molecule has 1 aromatic rings. The minimum absolute atomic E-state index is 0.0269. The minimum atomic E-state index is -0.936. The molecule has 20 heavy (non-hydrogen) atoms. The number of carbonyl (C=O) groups excluding carboxylic acids is 1. The molecular formula is C13H18FN3O3. The number of hydrogen-bond acceptors (Lipinski definition) is 4. The highest BCUT2D eigenvalue weighted by molar-refractivity contribution is 5.96. The van der Waals surface area contributed by atoms with Gasteiger partial charge in [-0.2, -0.15) is 0 Å². The van der Waals surface area contributed by atoms with Gasteiger partial charge in [-0.3, -0.25) is 14.9 Å². The standard InChI is InChI=1S/C13H18FN3O3/c1-12(2,13(3,4)15)11(18)16-9-5-8(14)6-10(7-9)17(19)20/h5-7H,15H2,1-4H3,(H,16,18). The molecule has 0 aliphatic heterocycles. The fraction of sp³-hybridized carbons (Fsp3) is 0.462. The van der Waals surface area contributed by atoms with E-state index in [9.17, 15) is 19.3 Å². The number of anilines is 1. The van der Waals surface area contributed by atoms with Crippen molar-refractivity contribution in [2.24, 2.45) is 11.1 Å². The van der Waals surface area contributed by atoms with Gasteiger partial charge in [-0.1, -0.05) is 0 Å². The quantitative estimate of drug-likeness (QED) is 0.655. The van der Waals surface area contributed by atoms with Gasteiger partial charge in [0.1, 0.15) is 5.82 Å². The third kappa shape index (κ3) is 3.30. The third-order valence-corrected chi connectivity index (χ3v) is 3.53. The van der Waals surface area contributed by atoms with Gasteiger partial charge in [0.25, 0.3) is 5.69 Å². The Bertz CT molecular complexity index is 550. The minimum Gasteiger partial charge on any atom is -0.325 e. The predicted octanol–water partition coefficient (Wildman–Crippen LogP) is 2.44. The Balaban J connectivity index is 3.05. The zero-order chi connectivity index (χ0) is 15.7. The van der Waals surface area contributed by atoms with Crippen molar-refractivity contribution in [2.45, 2.75) is 33.2 Å². The maximum Gasteiger partial charge on any atom is 0.274 e. The van der Waals surface area contributed by atoms with Crippen molar-refractivity contribution < 1.29 is 14.1 Å². The number of nitrogens with one attached hydrogen (secondary N) is 1. The molecule has 0 spiro atoms. The van der Waals surface area contributed by atoms with E-state index in [1.165, 1.54) is 0 Å². The number of benzene rings is 1. The summed E-state index contributed by atoms with van der Waals surface area (Å²) in [6, 6.07) is 2.90. The van der Waals surface area contributed by atoms with E-state index in [1.807, 2.05) is 0 Å². The highest BCUT2D eigenvalue weighted by Crippen LogP contribution is 2.30. The van der Waals surface area contributed by atoms with E-state index in [2.05, 4.69) is 5.32 Å². The van der Waals surface area contributed by atoms with Crippen molar-refractivity contribution in [3.63, 3.8) is 0 Å². The predicted molar refractivity (Wildman–Crippen MR) is 73.7 cm³/mol. The number of rotatable bonds is 4. The van der Waals surface area contributed by atoms with E-state index >= 15 is 0 Å². The highest BCUT2D eigenvalue weighted by atomic mass is 19.1. The topological polar surface area (TPSA) is 98.3 Å². The maximum atomic E-state index is 13.3. The Hall–Kier alpha value is -2.02. The summed E-state index contributed by atoms with van der Waals surface area (Å²) < 4.78 is 13.3. The molecule has 1 rings (SSSR count). The molecule has 0 unspecified atom stereocenters. The summed E-state index contributed by atoms with van der Waals surface area (Å²) in [5.74, 6) is -1.23. The van der Waals surface area contributed by atoms with Crippen LogP contribution in [-0.2, 0) is 4.79 Å². The van der Waals surface area contributed by atoms with E-state index in [0.717, 1.165) is 18.2 Å². The van der Waals surface area contributed by atoms with Gasteiger partial charge in [0, 0.05) is 11.6 Å². The summed E-state index contributed by atoms with van der Waals surface area (Å²) in [4.78, 5) is 22.1. The zero-order valence-corrected chi connectivity index (χ0v) is 11.9. The lowest BCUT2D eigenvalue weighted by atomic mass is 9.74. The summed E-state index contributed by atoms with van der Waals surface area (Å²) in [5, 5.41) is 13.1. The van der Waals surface area contributed by atoms with Crippen molar-refractivity contribution in [1.82, 2.24) is 0 Å². The third-order valence-electron chi connectivity index (χ3n) is 3.53. The fourth-order valence-corrected chi connectivity index (χ4v) is 1.33. The van der Waals surface area contributed by atoms with Gasteiger partial charge < -0.3 is 11.1 Å². The highest BCUT2D eigenvalue weighted by Gasteiger charge is 2.40. The van der Waals surface area contributed by atoms with Crippen LogP contribution in [0.3, 0.4) is 0 Å². The Morgan fingerprint density at radius 1 is 1.30 bits per heavy atom. The molecule has 0 aliphatic carbocycles. The van der Waals surface area contributed by atoms with Crippen LogP contribution in [0.1, 0.15) is 27.7 Å². The van der Waals surface area contributed by atoms with Crippen LogP contribution in [0.5, 0.6) is 0 Å². The Labute approximate surface area is 116 Å². The van der Waals surface area contributed by atoms with Gasteiger partial charge in [-0.15, -0.1) is 0 Å². The van der Waals surface area contributed by atoms with Crippen LogP contribution in [0.15, 0.2) is 18.2 Å². The number of non-ortho nitro benzene ring substituents is 1. The molecule has 0 saturated heterocycles. The van der Waals surface area contributed by atoms with Crippen LogP contribution >= 0.6 is 0 Å². The van der Waals surface area contributed by atoms with Gasteiger partial charge in [0.15, 0.2) is 0 Å². The van der Waals surface area contributed by atoms with Crippen LogP contribution in [0.2, 0.25) is 0 Å². The average molecular weight is 283 g/mol. The largest absolute Gasteiger partial charge is 0.325 e. The number of carbonyl (C=O) groups is 1. The molecule has 3 N–H and O–H groups in total. The van der Waals surface area contributed by atoms with E-state index in [1.54, 1.807) is 27.7 Å². The van der Waals surface area contributed by atoms with Gasteiger partial charge >= 0.3 is 0 Å². The number of hydrogen-bond donors (Lipinski definition) is 2. The van der Waals surface area contributed by atoms with E-state index in [4.69, 9.17) is 5.73 Å². The SMILES string of the molecule is CC(C)(N)C(C)(C)C(=O)Nc1cc(F)cc([N+](=O)[O-])c1. The van der Waals surface area contributed by atoms with Crippen molar-refractivity contribution in [2.75, 3.05) is 5.32 Å². The molecule has 0 atom stereocenters. The molecule has 0 fully saturated rings. The van der Waals surface area contributed by atoms with E-state index in [0.29, 0.717) is 0 Å². The van der Waals surface area contributed by atoms with Gasteiger partial charge in [-0.05, 0) is 33.8 Å². The number of nitro benzene ring substituents is 1. The first-order chi connectivity index (χ1) is 8.95. The molecule has 0 heterocycles. The number of nitrogens with two attached hydrogens (primary N) is 1. The first-order valence-corrected chi connectivity index (χ1v) is 6.00. The second kappa shape index (κ2) is 5.16. The van der Waals surface area contributed by atoms with Crippen LogP contribution in [0, 0.1) is 21.3 Å². The average Bonchev–Trinajstić information content (AvgIpc) is 2.26. The second-order valence-electron chi connectivity index (χ2n) is 5.76. The molecule has 0 saturated carbocycles. The summed E-state index contributed by atoms with van der Waals surface area (Å²) in [6.45, 7) is 6.69. The number of nitro groups is 1. The summed E-state index contributed by atoms with van der Waals surface area (Å²) >= 11 is 0. The smallest absolute Gasteiger partial charge is 0.274 e. The van der Waals surface area contributed by atoms with Crippen molar-refractivity contribution in [1.29, 1.82) is 0 Å². The Kier molecular flexibility index (Phi) is 4.14. The molecule has 0 radical (unpaired) electrons. The molecule has 6 nitrogen and oxygen atoms in total. The lowest BCUT2D eigenvalue weighted by Crippen LogP contribution is -2.53. The molecule has 0 aliphatic rings. The molecule has 110 valence electrons. The number of nitrogens with zero attached hydrogens (tertiary/aromatic N) is 1. The lowest BCUT2D eigenvalue weighted by molar-refractivity contribution is -0.385. The Morgan fingerprint density at radius 3 is 2.30 bits per heavy atom. The molecule has 0 aromatic heterocycles. The normalized spacial score (nSPS) is 12.1. The molecule has 1 amide bonds.